The van der Waals surface area contributed by atoms with Gasteiger partial charge < -0.3 is 4.90 Å². The van der Waals surface area contributed by atoms with Gasteiger partial charge in [-0.1, -0.05) is 38.1 Å². The van der Waals surface area contributed by atoms with Crippen molar-refractivity contribution in [3.05, 3.63) is 47.5 Å². The zero-order chi connectivity index (χ0) is 15.7. The Bertz CT molecular complexity index is 690. The molecule has 2 aromatic rings. The van der Waals surface area contributed by atoms with Crippen LogP contribution in [-0.4, -0.2) is 47.8 Å². The number of nitrogens with zero attached hydrogens (tertiary/aromatic N) is 2. The second-order valence-corrected chi connectivity index (χ2v) is 5.50. The van der Waals surface area contributed by atoms with Gasteiger partial charge in [-0.2, -0.15) is 0 Å². The van der Waals surface area contributed by atoms with E-state index in [4.69, 9.17) is 0 Å². The zero-order valence-electron chi connectivity index (χ0n) is 13.4. The predicted molar refractivity (Wildman–Crippen MR) is 94.4 cm³/mol. The van der Waals surface area contributed by atoms with Crippen LogP contribution < -0.4 is 0 Å². The smallest absolute Gasteiger partial charge is 0.261 e. The van der Waals surface area contributed by atoms with Crippen LogP contribution in [0.5, 0.6) is 0 Å². The van der Waals surface area contributed by atoms with Gasteiger partial charge in [0.25, 0.3) is 11.8 Å². The number of amides is 2. The lowest BCUT2D eigenvalue weighted by Gasteiger charge is -2.29. The van der Waals surface area contributed by atoms with E-state index in [1.54, 1.807) is 0 Å². The van der Waals surface area contributed by atoms with Crippen LogP contribution in [0.1, 0.15) is 34.6 Å². The van der Waals surface area contributed by atoms with Gasteiger partial charge in [0.15, 0.2) is 0 Å². The van der Waals surface area contributed by atoms with Crippen molar-refractivity contribution in [3.63, 3.8) is 0 Å². The highest BCUT2D eigenvalue weighted by Gasteiger charge is 2.32. The Hall–Kier alpha value is -1.91. The van der Waals surface area contributed by atoms with Gasteiger partial charge in [-0.15, -0.1) is 12.4 Å². The number of carbonyl (C=O) groups excluding carboxylic acids is 2. The van der Waals surface area contributed by atoms with Crippen molar-refractivity contribution in [3.8, 4) is 0 Å². The number of hydrogen-bond acceptors (Lipinski definition) is 3. The van der Waals surface area contributed by atoms with E-state index >= 15 is 0 Å². The lowest BCUT2D eigenvalue weighted by Crippen LogP contribution is -2.44. The summed E-state index contributed by atoms with van der Waals surface area (Å²) in [6.07, 6.45) is 0. The van der Waals surface area contributed by atoms with E-state index in [2.05, 4.69) is 18.7 Å². The number of hydrogen-bond donors (Lipinski definition) is 0. The van der Waals surface area contributed by atoms with Crippen LogP contribution in [0, 0.1) is 0 Å². The van der Waals surface area contributed by atoms with Gasteiger partial charge in [0.1, 0.15) is 0 Å². The van der Waals surface area contributed by atoms with Crippen molar-refractivity contribution in [2.45, 2.75) is 13.8 Å². The molecule has 0 N–H and O–H groups in total. The average Bonchev–Trinajstić information content (AvgIpc) is 2.56. The third-order valence-corrected chi connectivity index (χ3v) is 4.39. The highest BCUT2D eigenvalue weighted by Crippen LogP contribution is 2.29. The third-order valence-electron chi connectivity index (χ3n) is 4.39. The van der Waals surface area contributed by atoms with Crippen molar-refractivity contribution in [2.75, 3.05) is 26.2 Å². The summed E-state index contributed by atoms with van der Waals surface area (Å²) in [7, 11) is 0. The van der Waals surface area contributed by atoms with Gasteiger partial charge in [-0.25, -0.2) is 0 Å². The Morgan fingerprint density at radius 2 is 1.43 bits per heavy atom. The summed E-state index contributed by atoms with van der Waals surface area (Å²) in [5.74, 6) is -0.358. The molecule has 0 saturated heterocycles. The van der Waals surface area contributed by atoms with Crippen molar-refractivity contribution in [1.82, 2.24) is 9.80 Å². The van der Waals surface area contributed by atoms with Gasteiger partial charge in [0.2, 0.25) is 0 Å². The molecule has 0 spiro atoms. The Balaban J connectivity index is 0.00000192. The minimum Gasteiger partial charge on any atom is -0.302 e. The second kappa shape index (κ2) is 7.11. The van der Waals surface area contributed by atoms with Crippen LogP contribution in [0.3, 0.4) is 0 Å². The fraction of sp³-hybridized carbons (Fsp3) is 0.333. The molecule has 2 aromatic carbocycles. The Morgan fingerprint density at radius 3 is 1.91 bits per heavy atom. The highest BCUT2D eigenvalue weighted by molar-refractivity contribution is 6.25. The van der Waals surface area contributed by atoms with Crippen molar-refractivity contribution in [1.29, 1.82) is 0 Å². The first-order valence-electron chi connectivity index (χ1n) is 7.77. The average molecular weight is 333 g/mol. The van der Waals surface area contributed by atoms with Gasteiger partial charge in [0.05, 0.1) is 0 Å². The molecule has 1 aliphatic heterocycles. The van der Waals surface area contributed by atoms with Gasteiger partial charge in [-0.05, 0) is 30.6 Å². The molecule has 0 fully saturated rings. The highest BCUT2D eigenvalue weighted by atomic mass is 35.5. The summed E-state index contributed by atoms with van der Waals surface area (Å²) < 4.78 is 0. The van der Waals surface area contributed by atoms with E-state index in [1.807, 2.05) is 36.4 Å². The largest absolute Gasteiger partial charge is 0.302 e. The first-order chi connectivity index (χ1) is 10.7. The number of rotatable bonds is 5. The van der Waals surface area contributed by atoms with Crippen LogP contribution >= 0.6 is 12.4 Å². The Kier molecular flexibility index (Phi) is 5.39. The Morgan fingerprint density at radius 1 is 0.913 bits per heavy atom. The molecule has 0 aromatic heterocycles. The molecule has 4 nitrogen and oxygen atoms in total. The molecule has 23 heavy (non-hydrogen) atoms. The topological polar surface area (TPSA) is 40.6 Å². The molecule has 1 heterocycles. The minimum atomic E-state index is -0.179. The van der Waals surface area contributed by atoms with Gasteiger partial charge in [0, 0.05) is 29.6 Å². The van der Waals surface area contributed by atoms with E-state index in [-0.39, 0.29) is 24.2 Å². The number of benzene rings is 2. The molecule has 0 unspecified atom stereocenters. The molecule has 0 atom stereocenters. The summed E-state index contributed by atoms with van der Waals surface area (Å²) >= 11 is 0. The third kappa shape index (κ3) is 2.96. The van der Waals surface area contributed by atoms with Crippen LogP contribution in [0.25, 0.3) is 10.8 Å². The molecule has 5 heteroatoms. The Labute approximate surface area is 142 Å². The van der Waals surface area contributed by atoms with E-state index in [9.17, 15) is 9.59 Å². The monoisotopic (exact) mass is 332 g/mol. The van der Waals surface area contributed by atoms with Crippen LogP contribution in [-0.2, 0) is 0 Å². The maximum absolute atomic E-state index is 12.7. The molecular weight excluding hydrogens is 312 g/mol. The summed E-state index contributed by atoms with van der Waals surface area (Å²) in [5.41, 5.74) is 1.26. The molecule has 0 bridgehead atoms. The number of imide groups is 1. The summed E-state index contributed by atoms with van der Waals surface area (Å²) in [6, 6.07) is 11.2. The molecule has 2 amide bonds. The molecule has 3 rings (SSSR count). The quantitative estimate of drug-likeness (QED) is 0.789. The second-order valence-electron chi connectivity index (χ2n) is 5.50. The van der Waals surface area contributed by atoms with Crippen LogP contribution in [0.4, 0.5) is 0 Å². The fourth-order valence-electron chi connectivity index (χ4n) is 3.06. The first kappa shape index (κ1) is 17.4. The van der Waals surface area contributed by atoms with E-state index in [0.29, 0.717) is 24.2 Å². The lowest BCUT2D eigenvalue weighted by atomic mass is 9.94. The van der Waals surface area contributed by atoms with Gasteiger partial charge in [-0.3, -0.25) is 14.5 Å². The minimum absolute atomic E-state index is 0. The molecule has 0 saturated carbocycles. The molecule has 0 aliphatic carbocycles. The van der Waals surface area contributed by atoms with Crippen molar-refractivity contribution < 1.29 is 9.59 Å². The summed E-state index contributed by atoms with van der Waals surface area (Å²) in [4.78, 5) is 29.0. The maximum Gasteiger partial charge on any atom is 0.261 e. The molecular formula is C18H21ClN2O2. The normalized spacial score (nSPS) is 13.6. The first-order valence-corrected chi connectivity index (χ1v) is 7.77. The van der Waals surface area contributed by atoms with Gasteiger partial charge >= 0.3 is 0 Å². The molecule has 0 radical (unpaired) electrons. The SMILES string of the molecule is CCN(CC)CCN1C(=O)c2cccc3cccc(c23)C1=O.Cl. The summed E-state index contributed by atoms with van der Waals surface area (Å²) in [6.45, 7) is 7.14. The van der Waals surface area contributed by atoms with Crippen LogP contribution in [0.2, 0.25) is 0 Å². The van der Waals surface area contributed by atoms with E-state index in [0.717, 1.165) is 23.9 Å². The van der Waals surface area contributed by atoms with E-state index in [1.165, 1.54) is 4.90 Å². The molecule has 1 aliphatic rings. The van der Waals surface area contributed by atoms with Crippen molar-refractivity contribution >= 4 is 35.0 Å². The number of halogens is 1. The number of carbonyl (C=O) groups is 2. The molecule has 122 valence electrons. The zero-order valence-corrected chi connectivity index (χ0v) is 14.2. The lowest BCUT2D eigenvalue weighted by molar-refractivity contribution is 0.0594. The maximum atomic E-state index is 12.7. The fourth-order valence-corrected chi connectivity index (χ4v) is 3.06. The van der Waals surface area contributed by atoms with E-state index < -0.39 is 0 Å². The van der Waals surface area contributed by atoms with Crippen LogP contribution in [0.15, 0.2) is 36.4 Å². The summed E-state index contributed by atoms with van der Waals surface area (Å²) in [5, 5.41) is 1.74. The standard InChI is InChI=1S/C18H20N2O2.ClH/c1-3-19(4-2)11-12-20-17(21)14-9-5-7-13-8-6-10-15(16(13)14)18(20)22;/h5-10H,3-4,11-12H2,1-2H3;1H. The van der Waals surface area contributed by atoms with Crippen molar-refractivity contribution in [2.24, 2.45) is 0 Å². The number of likely N-dealkylation sites (N-methyl/N-ethyl adjacent to an activating group) is 1. The predicted octanol–water partition coefficient (Wildman–Crippen LogP) is 3.20.